The van der Waals surface area contributed by atoms with Gasteiger partial charge in [-0.15, -0.1) is 0 Å². The number of carbonyl (C=O) groups excluding carboxylic acids is 1. The van der Waals surface area contributed by atoms with Gasteiger partial charge in [0.05, 0.1) is 11.0 Å². The van der Waals surface area contributed by atoms with Gasteiger partial charge in [0.15, 0.2) is 0 Å². The van der Waals surface area contributed by atoms with Gasteiger partial charge in [-0.1, -0.05) is 39.0 Å². The fourth-order valence-corrected chi connectivity index (χ4v) is 5.98. The number of carbonyl (C=O) groups is 1. The topological polar surface area (TPSA) is 49.3 Å². The average Bonchev–Trinajstić information content (AvgIpc) is 2.44. The third kappa shape index (κ3) is 2.57. The van der Waals surface area contributed by atoms with Crippen molar-refractivity contribution >= 4 is 11.6 Å². The highest BCUT2D eigenvalue weighted by Gasteiger charge is 2.60. The summed E-state index contributed by atoms with van der Waals surface area (Å²) in [5.74, 6) is 1.19. The number of benzene rings is 1. The standard InChI is InChI=1S/C21H29NO2/c1-19(2,3)16-6-4-5-7-17(16)22-18(23)20-9-14-8-15(10-20)12-21(24,11-14)13-20/h4-7,14-15,24H,8-13H2,1-3H3,(H,22,23)/t14-,15-,20?,21?/m1/s1. The van der Waals surface area contributed by atoms with Crippen LogP contribution in [-0.4, -0.2) is 16.6 Å². The van der Waals surface area contributed by atoms with Crippen LogP contribution in [0.1, 0.15) is 64.9 Å². The van der Waals surface area contributed by atoms with Crippen LogP contribution in [0.3, 0.4) is 0 Å². The van der Waals surface area contributed by atoms with E-state index in [1.165, 1.54) is 12.0 Å². The van der Waals surface area contributed by atoms with Crippen molar-refractivity contribution in [3.05, 3.63) is 29.8 Å². The maximum Gasteiger partial charge on any atom is 0.230 e. The Morgan fingerprint density at radius 2 is 1.75 bits per heavy atom. The minimum atomic E-state index is -0.592. The van der Waals surface area contributed by atoms with E-state index in [4.69, 9.17) is 0 Å². The molecule has 0 radical (unpaired) electrons. The van der Waals surface area contributed by atoms with Crippen LogP contribution in [0.25, 0.3) is 0 Å². The molecule has 4 bridgehead atoms. The van der Waals surface area contributed by atoms with Gasteiger partial charge in [-0.05, 0) is 67.4 Å². The molecule has 130 valence electrons. The normalized spacial score (nSPS) is 37.5. The number of rotatable bonds is 2. The zero-order chi connectivity index (χ0) is 17.2. The van der Waals surface area contributed by atoms with Crippen molar-refractivity contribution in [1.29, 1.82) is 0 Å². The van der Waals surface area contributed by atoms with Gasteiger partial charge in [0, 0.05) is 5.69 Å². The van der Waals surface area contributed by atoms with E-state index >= 15 is 0 Å². The van der Waals surface area contributed by atoms with E-state index in [0.29, 0.717) is 18.3 Å². The van der Waals surface area contributed by atoms with Crippen LogP contribution >= 0.6 is 0 Å². The molecule has 0 heterocycles. The molecule has 24 heavy (non-hydrogen) atoms. The number of hydrogen-bond donors (Lipinski definition) is 2. The van der Waals surface area contributed by atoms with Gasteiger partial charge in [-0.3, -0.25) is 4.79 Å². The van der Waals surface area contributed by atoms with Crippen molar-refractivity contribution in [2.45, 2.75) is 70.3 Å². The number of aliphatic hydroxyl groups is 1. The molecule has 3 nitrogen and oxygen atoms in total. The van der Waals surface area contributed by atoms with E-state index in [9.17, 15) is 9.90 Å². The molecule has 0 saturated heterocycles. The highest BCUT2D eigenvalue weighted by Crippen LogP contribution is 2.61. The van der Waals surface area contributed by atoms with Crippen LogP contribution in [0, 0.1) is 17.3 Å². The lowest BCUT2D eigenvalue weighted by Crippen LogP contribution is -2.59. The molecule has 1 aromatic rings. The van der Waals surface area contributed by atoms with E-state index < -0.39 is 5.60 Å². The van der Waals surface area contributed by atoms with Crippen LogP contribution in [0.5, 0.6) is 0 Å². The summed E-state index contributed by atoms with van der Waals surface area (Å²) in [6.07, 6.45) is 5.56. The lowest BCUT2D eigenvalue weighted by Gasteiger charge is -2.59. The van der Waals surface area contributed by atoms with Crippen molar-refractivity contribution < 1.29 is 9.90 Å². The number of hydrogen-bond acceptors (Lipinski definition) is 2. The zero-order valence-electron chi connectivity index (χ0n) is 15.1. The van der Waals surface area contributed by atoms with Gasteiger partial charge in [-0.25, -0.2) is 0 Å². The second-order valence-electron chi connectivity index (χ2n) is 9.72. The minimum Gasteiger partial charge on any atom is -0.390 e. The molecule has 4 saturated carbocycles. The number of anilines is 1. The van der Waals surface area contributed by atoms with Crippen molar-refractivity contribution in [1.82, 2.24) is 0 Å². The second kappa shape index (κ2) is 5.08. The van der Waals surface area contributed by atoms with E-state index in [2.05, 4.69) is 32.2 Å². The smallest absolute Gasteiger partial charge is 0.230 e. The first kappa shape index (κ1) is 16.1. The number of amides is 1. The predicted octanol–water partition coefficient (Wildman–Crippen LogP) is 4.25. The molecule has 4 aliphatic rings. The second-order valence-corrected chi connectivity index (χ2v) is 9.72. The summed E-state index contributed by atoms with van der Waals surface area (Å²) in [7, 11) is 0. The maximum absolute atomic E-state index is 13.3. The quantitative estimate of drug-likeness (QED) is 0.853. The van der Waals surface area contributed by atoms with Crippen molar-refractivity contribution in [2.75, 3.05) is 5.32 Å². The van der Waals surface area contributed by atoms with E-state index in [1.807, 2.05) is 18.2 Å². The molecule has 3 heteroatoms. The molecule has 0 aliphatic heterocycles. The van der Waals surface area contributed by atoms with Gasteiger partial charge < -0.3 is 10.4 Å². The molecule has 5 rings (SSSR count). The first-order valence-electron chi connectivity index (χ1n) is 9.33. The largest absolute Gasteiger partial charge is 0.390 e. The van der Waals surface area contributed by atoms with E-state index in [-0.39, 0.29) is 16.7 Å². The lowest BCUT2D eigenvalue weighted by molar-refractivity contribution is -0.174. The van der Waals surface area contributed by atoms with Crippen molar-refractivity contribution in [3.8, 4) is 0 Å². The van der Waals surface area contributed by atoms with Gasteiger partial charge in [0.1, 0.15) is 0 Å². The summed E-state index contributed by atoms with van der Waals surface area (Å²) in [6, 6.07) is 8.12. The molecule has 1 amide bonds. The Balaban J connectivity index is 1.62. The lowest BCUT2D eigenvalue weighted by atomic mass is 9.47. The molecule has 2 N–H and O–H groups in total. The third-order valence-electron chi connectivity index (χ3n) is 6.50. The summed E-state index contributed by atoms with van der Waals surface area (Å²) < 4.78 is 0. The molecular formula is C21H29NO2. The maximum atomic E-state index is 13.3. The Labute approximate surface area is 144 Å². The summed E-state index contributed by atoms with van der Waals surface area (Å²) in [5.41, 5.74) is 1.14. The third-order valence-corrected chi connectivity index (χ3v) is 6.50. The van der Waals surface area contributed by atoms with Gasteiger partial charge in [-0.2, -0.15) is 0 Å². The van der Waals surface area contributed by atoms with Crippen molar-refractivity contribution in [3.63, 3.8) is 0 Å². The van der Waals surface area contributed by atoms with Crippen LogP contribution in [0.15, 0.2) is 24.3 Å². The molecular weight excluding hydrogens is 298 g/mol. The minimum absolute atomic E-state index is 0.0104. The average molecular weight is 327 g/mol. The van der Waals surface area contributed by atoms with Crippen LogP contribution < -0.4 is 5.32 Å². The fourth-order valence-electron chi connectivity index (χ4n) is 5.98. The first-order valence-corrected chi connectivity index (χ1v) is 9.33. The van der Waals surface area contributed by atoms with Crippen LogP contribution in [-0.2, 0) is 10.2 Å². The Bertz CT molecular complexity index is 659. The predicted molar refractivity (Wildman–Crippen MR) is 95.8 cm³/mol. The highest BCUT2D eigenvalue weighted by molar-refractivity contribution is 5.96. The SMILES string of the molecule is CC(C)(C)c1ccccc1NC(=O)C12C[C@H]3C[C@@H](CC(O)(C3)C1)C2. The summed E-state index contributed by atoms with van der Waals surface area (Å²) in [4.78, 5) is 13.3. The molecule has 1 aromatic carbocycles. The number of para-hydroxylation sites is 1. The molecule has 0 unspecified atom stereocenters. The number of nitrogens with one attached hydrogen (secondary N) is 1. The van der Waals surface area contributed by atoms with E-state index in [1.54, 1.807) is 0 Å². The van der Waals surface area contributed by atoms with Gasteiger partial charge in [0.2, 0.25) is 5.91 Å². The van der Waals surface area contributed by atoms with Crippen LogP contribution in [0.4, 0.5) is 5.69 Å². The summed E-state index contributed by atoms with van der Waals surface area (Å²) in [5, 5.41) is 14.1. The molecule has 0 aromatic heterocycles. The Hall–Kier alpha value is -1.35. The zero-order valence-corrected chi connectivity index (χ0v) is 15.1. The molecule has 0 spiro atoms. The molecule has 2 atom stereocenters. The van der Waals surface area contributed by atoms with Gasteiger partial charge in [0.25, 0.3) is 0 Å². The Morgan fingerprint density at radius 3 is 2.33 bits per heavy atom. The summed E-state index contributed by atoms with van der Waals surface area (Å²) in [6.45, 7) is 6.52. The van der Waals surface area contributed by atoms with Crippen LogP contribution in [0.2, 0.25) is 0 Å². The summed E-state index contributed by atoms with van der Waals surface area (Å²) >= 11 is 0. The van der Waals surface area contributed by atoms with E-state index in [0.717, 1.165) is 31.4 Å². The first-order chi connectivity index (χ1) is 11.2. The highest BCUT2D eigenvalue weighted by atomic mass is 16.3. The van der Waals surface area contributed by atoms with Gasteiger partial charge >= 0.3 is 0 Å². The molecule has 4 fully saturated rings. The van der Waals surface area contributed by atoms with Crippen molar-refractivity contribution in [2.24, 2.45) is 17.3 Å². The molecule has 4 aliphatic carbocycles. The monoisotopic (exact) mass is 327 g/mol. The Kier molecular flexibility index (Phi) is 3.41. The Morgan fingerprint density at radius 1 is 1.12 bits per heavy atom. The fraction of sp³-hybridized carbons (Fsp3) is 0.667.